The zero-order valence-electron chi connectivity index (χ0n) is 8.29. The van der Waals surface area contributed by atoms with Crippen molar-refractivity contribution in [3.63, 3.8) is 0 Å². The minimum absolute atomic E-state index is 0.148. The number of Topliss-reactive ketones (excluding diaryl/α,β-unsaturated/α-hetero) is 1. The molecule has 5 heteroatoms. The molecule has 0 amide bonds. The van der Waals surface area contributed by atoms with E-state index in [2.05, 4.69) is 15.9 Å². The highest BCUT2D eigenvalue weighted by Crippen LogP contribution is 2.35. The zero-order valence-corrected chi connectivity index (χ0v) is 9.87. The van der Waals surface area contributed by atoms with Gasteiger partial charge in [-0.3, -0.25) is 4.79 Å². The molecule has 3 N–H and O–H groups in total. The van der Waals surface area contributed by atoms with Gasteiger partial charge in [-0.15, -0.1) is 0 Å². The second kappa shape index (κ2) is 5.14. The first-order chi connectivity index (χ1) is 7.11. The minimum atomic E-state index is -0.208. The fraction of sp³-hybridized carbons (Fsp3) is 0.300. The number of hydrogen-bond acceptors (Lipinski definition) is 4. The smallest absolute Gasteiger partial charge is 0.169 e. The number of phenolic OH excluding ortho intramolecular Hbond substituents is 1. The molecule has 4 nitrogen and oxygen atoms in total. The number of ketones is 1. The summed E-state index contributed by atoms with van der Waals surface area (Å²) in [6.45, 7) is 0.252. The maximum Gasteiger partial charge on any atom is 0.169 e. The van der Waals surface area contributed by atoms with Crippen LogP contribution in [0.25, 0.3) is 0 Å². The quantitative estimate of drug-likeness (QED) is 0.819. The van der Waals surface area contributed by atoms with Gasteiger partial charge in [0.25, 0.3) is 0 Å². The lowest BCUT2D eigenvalue weighted by atomic mass is 10.1. The van der Waals surface area contributed by atoms with E-state index in [9.17, 15) is 9.90 Å². The number of phenols is 1. The number of benzene rings is 1. The van der Waals surface area contributed by atoms with E-state index in [0.29, 0.717) is 4.47 Å². The third-order valence-electron chi connectivity index (χ3n) is 1.96. The number of ether oxygens (including phenoxy) is 1. The molecule has 0 bridgehead atoms. The first-order valence-corrected chi connectivity index (χ1v) is 5.19. The van der Waals surface area contributed by atoms with Crippen molar-refractivity contribution in [1.82, 2.24) is 0 Å². The Kier molecular flexibility index (Phi) is 4.11. The van der Waals surface area contributed by atoms with Crippen LogP contribution in [-0.2, 0) is 0 Å². The summed E-state index contributed by atoms with van der Waals surface area (Å²) in [7, 11) is 1.43. The van der Waals surface area contributed by atoms with E-state index < -0.39 is 0 Å². The SMILES string of the molecule is COc1ccc(Br)c(C(=O)CCN)c1O. The van der Waals surface area contributed by atoms with Crippen LogP contribution >= 0.6 is 15.9 Å². The van der Waals surface area contributed by atoms with E-state index in [4.69, 9.17) is 10.5 Å². The van der Waals surface area contributed by atoms with Crippen LogP contribution < -0.4 is 10.5 Å². The summed E-state index contributed by atoms with van der Waals surface area (Å²) < 4.78 is 5.46. The highest BCUT2D eigenvalue weighted by molar-refractivity contribution is 9.10. The van der Waals surface area contributed by atoms with E-state index in [1.165, 1.54) is 7.11 Å². The van der Waals surface area contributed by atoms with Gasteiger partial charge in [0.05, 0.1) is 12.7 Å². The van der Waals surface area contributed by atoms with Crippen LogP contribution in [0.1, 0.15) is 16.8 Å². The van der Waals surface area contributed by atoms with Gasteiger partial charge in [-0.1, -0.05) is 0 Å². The van der Waals surface area contributed by atoms with Crippen LogP contribution in [0.3, 0.4) is 0 Å². The third kappa shape index (κ3) is 2.49. The lowest BCUT2D eigenvalue weighted by Gasteiger charge is -2.09. The second-order valence-corrected chi connectivity index (χ2v) is 3.79. The molecule has 82 valence electrons. The van der Waals surface area contributed by atoms with E-state index in [1.807, 2.05) is 0 Å². The molecule has 0 radical (unpaired) electrons. The Bertz CT molecular complexity index is 379. The molecule has 0 heterocycles. The van der Waals surface area contributed by atoms with Gasteiger partial charge in [-0.25, -0.2) is 0 Å². The average Bonchev–Trinajstić information content (AvgIpc) is 2.18. The Balaban J connectivity index is 3.20. The second-order valence-electron chi connectivity index (χ2n) is 2.94. The highest BCUT2D eigenvalue weighted by atomic mass is 79.9. The van der Waals surface area contributed by atoms with Crippen LogP contribution in [0.2, 0.25) is 0 Å². The Morgan fingerprint density at radius 2 is 2.27 bits per heavy atom. The summed E-state index contributed by atoms with van der Waals surface area (Å²) in [6, 6.07) is 3.24. The van der Waals surface area contributed by atoms with Crippen molar-refractivity contribution in [3.05, 3.63) is 22.2 Å². The number of carbonyl (C=O) groups excluding carboxylic acids is 1. The number of rotatable bonds is 4. The number of nitrogens with two attached hydrogens (primary N) is 1. The summed E-state index contributed by atoms with van der Waals surface area (Å²) in [4.78, 5) is 11.6. The highest BCUT2D eigenvalue weighted by Gasteiger charge is 2.17. The number of aromatic hydroxyl groups is 1. The Morgan fingerprint density at radius 3 is 2.80 bits per heavy atom. The zero-order chi connectivity index (χ0) is 11.4. The molecule has 0 aromatic heterocycles. The maximum atomic E-state index is 11.6. The monoisotopic (exact) mass is 273 g/mol. The van der Waals surface area contributed by atoms with Crippen molar-refractivity contribution in [2.45, 2.75) is 6.42 Å². The molecule has 0 aliphatic rings. The van der Waals surface area contributed by atoms with Gasteiger partial charge in [0, 0.05) is 10.9 Å². The molecule has 0 atom stereocenters. The number of methoxy groups -OCH3 is 1. The van der Waals surface area contributed by atoms with Crippen molar-refractivity contribution in [1.29, 1.82) is 0 Å². The van der Waals surface area contributed by atoms with E-state index >= 15 is 0 Å². The van der Waals surface area contributed by atoms with Crippen LogP contribution in [0.5, 0.6) is 11.5 Å². The van der Waals surface area contributed by atoms with Crippen LogP contribution in [0.4, 0.5) is 0 Å². The Morgan fingerprint density at radius 1 is 1.60 bits per heavy atom. The summed E-state index contributed by atoms with van der Waals surface area (Å²) in [5.74, 6) is -0.0790. The standard InChI is InChI=1S/C10H12BrNO3/c1-15-8-3-2-6(11)9(10(8)14)7(13)4-5-12/h2-3,14H,4-5,12H2,1H3. The van der Waals surface area contributed by atoms with Gasteiger partial charge in [0.1, 0.15) is 0 Å². The lowest BCUT2D eigenvalue weighted by Crippen LogP contribution is -2.09. The lowest BCUT2D eigenvalue weighted by molar-refractivity contribution is 0.0981. The van der Waals surface area contributed by atoms with Crippen LogP contribution in [0.15, 0.2) is 16.6 Å². The summed E-state index contributed by atoms with van der Waals surface area (Å²) in [6.07, 6.45) is 0.194. The molecular weight excluding hydrogens is 262 g/mol. The molecule has 0 aliphatic heterocycles. The number of hydrogen-bond donors (Lipinski definition) is 2. The number of halogens is 1. The molecule has 0 saturated heterocycles. The first kappa shape index (κ1) is 12.0. The van der Waals surface area contributed by atoms with Crippen LogP contribution in [-0.4, -0.2) is 24.5 Å². The van der Waals surface area contributed by atoms with Crippen molar-refractivity contribution < 1.29 is 14.6 Å². The third-order valence-corrected chi connectivity index (χ3v) is 2.62. The summed E-state index contributed by atoms with van der Waals surface area (Å²) in [5.41, 5.74) is 5.51. The first-order valence-electron chi connectivity index (χ1n) is 4.40. The molecule has 0 fully saturated rings. The molecule has 15 heavy (non-hydrogen) atoms. The van der Waals surface area contributed by atoms with Crippen molar-refractivity contribution in [2.24, 2.45) is 5.73 Å². The van der Waals surface area contributed by atoms with Gasteiger partial charge in [-0.05, 0) is 34.6 Å². The Labute approximate surface area is 96.2 Å². The fourth-order valence-electron chi connectivity index (χ4n) is 1.23. The average molecular weight is 274 g/mol. The molecule has 0 spiro atoms. The predicted molar refractivity (Wildman–Crippen MR) is 60.4 cm³/mol. The summed E-state index contributed by atoms with van der Waals surface area (Å²) in [5, 5.41) is 9.75. The van der Waals surface area contributed by atoms with Crippen molar-refractivity contribution >= 4 is 21.7 Å². The van der Waals surface area contributed by atoms with Gasteiger partial charge in [0.2, 0.25) is 0 Å². The van der Waals surface area contributed by atoms with Gasteiger partial charge >= 0.3 is 0 Å². The van der Waals surface area contributed by atoms with E-state index in [-0.39, 0.29) is 35.8 Å². The topological polar surface area (TPSA) is 72.5 Å². The molecule has 1 aromatic carbocycles. The van der Waals surface area contributed by atoms with E-state index in [1.54, 1.807) is 12.1 Å². The van der Waals surface area contributed by atoms with Gasteiger partial charge in [0.15, 0.2) is 17.3 Å². The predicted octanol–water partition coefficient (Wildman–Crippen LogP) is 1.69. The van der Waals surface area contributed by atoms with Gasteiger partial charge < -0.3 is 15.6 Å². The summed E-state index contributed by atoms with van der Waals surface area (Å²) >= 11 is 3.20. The van der Waals surface area contributed by atoms with Crippen molar-refractivity contribution in [2.75, 3.05) is 13.7 Å². The molecule has 0 saturated carbocycles. The normalized spacial score (nSPS) is 10.1. The minimum Gasteiger partial charge on any atom is -0.504 e. The van der Waals surface area contributed by atoms with Crippen LogP contribution in [0, 0.1) is 0 Å². The molecule has 0 unspecified atom stereocenters. The number of carbonyl (C=O) groups is 1. The van der Waals surface area contributed by atoms with Crippen molar-refractivity contribution in [3.8, 4) is 11.5 Å². The van der Waals surface area contributed by atoms with E-state index in [0.717, 1.165) is 0 Å². The maximum absolute atomic E-state index is 11.6. The molecular formula is C10H12BrNO3. The Hall–Kier alpha value is -1.07. The molecule has 1 rings (SSSR count). The van der Waals surface area contributed by atoms with Gasteiger partial charge in [-0.2, -0.15) is 0 Å². The fourth-order valence-corrected chi connectivity index (χ4v) is 1.77. The molecule has 0 aliphatic carbocycles. The molecule has 1 aromatic rings. The largest absolute Gasteiger partial charge is 0.504 e.